The Balaban J connectivity index is 1.73. The number of amides is 2. The van der Waals surface area contributed by atoms with E-state index < -0.39 is 28.4 Å². The number of imide groups is 1. The number of hydrogen-bond donors (Lipinski definition) is 0. The van der Waals surface area contributed by atoms with Gasteiger partial charge in [0.2, 0.25) is 0 Å². The molecule has 0 radical (unpaired) electrons. The van der Waals surface area contributed by atoms with Crippen LogP contribution in [0.2, 0.25) is 0 Å². The van der Waals surface area contributed by atoms with Gasteiger partial charge in [0.25, 0.3) is 17.5 Å². The predicted octanol–water partition coefficient (Wildman–Crippen LogP) is 2.46. The molecule has 3 rings (SSSR count). The fourth-order valence-electron chi connectivity index (χ4n) is 3.04. The lowest BCUT2D eigenvalue weighted by atomic mass is 10.1. The Morgan fingerprint density at radius 1 is 1.10 bits per heavy atom. The van der Waals surface area contributed by atoms with E-state index in [0.717, 1.165) is 17.0 Å². The van der Waals surface area contributed by atoms with Crippen molar-refractivity contribution in [2.45, 2.75) is 6.92 Å². The predicted molar refractivity (Wildman–Crippen MR) is 103 cm³/mol. The van der Waals surface area contributed by atoms with Gasteiger partial charge >= 0.3 is 5.97 Å². The average Bonchev–Trinajstić information content (AvgIpc) is 2.98. The molecule has 10 nitrogen and oxygen atoms in total. The largest absolute Gasteiger partial charge is 0.493 e. The monoisotopic (exact) mass is 414 g/mol. The van der Waals surface area contributed by atoms with E-state index in [1.165, 1.54) is 19.2 Å². The Labute approximate surface area is 171 Å². The van der Waals surface area contributed by atoms with Crippen LogP contribution in [0.3, 0.4) is 0 Å². The summed E-state index contributed by atoms with van der Waals surface area (Å²) < 4.78 is 15.5. The first-order chi connectivity index (χ1) is 14.4. The van der Waals surface area contributed by atoms with Crippen LogP contribution in [0.5, 0.6) is 11.5 Å². The van der Waals surface area contributed by atoms with Gasteiger partial charge in [-0.15, -0.1) is 0 Å². The van der Waals surface area contributed by atoms with Crippen LogP contribution in [0.4, 0.5) is 5.69 Å². The van der Waals surface area contributed by atoms with E-state index in [1.807, 2.05) is 0 Å². The molecule has 0 fully saturated rings. The van der Waals surface area contributed by atoms with Crippen molar-refractivity contribution in [3.05, 3.63) is 63.2 Å². The fraction of sp³-hybridized carbons (Fsp3) is 0.250. The second-order valence-corrected chi connectivity index (χ2v) is 6.15. The summed E-state index contributed by atoms with van der Waals surface area (Å²) in [6, 6.07) is 8.61. The highest BCUT2D eigenvalue weighted by Crippen LogP contribution is 2.35. The number of nitrogens with zero attached hydrogens (tertiary/aromatic N) is 2. The van der Waals surface area contributed by atoms with E-state index in [4.69, 9.17) is 14.2 Å². The molecule has 10 heteroatoms. The highest BCUT2D eigenvalue weighted by atomic mass is 16.6. The topological polar surface area (TPSA) is 125 Å². The maximum atomic E-state index is 12.5. The lowest BCUT2D eigenvalue weighted by Crippen LogP contribution is -2.33. The van der Waals surface area contributed by atoms with E-state index in [9.17, 15) is 24.5 Å². The zero-order chi connectivity index (χ0) is 21.8. The quantitative estimate of drug-likeness (QED) is 0.279. The van der Waals surface area contributed by atoms with Crippen LogP contribution in [0, 0.1) is 10.1 Å². The number of nitro groups is 1. The summed E-state index contributed by atoms with van der Waals surface area (Å²) in [6.07, 6.45) is 0. The van der Waals surface area contributed by atoms with E-state index in [1.54, 1.807) is 19.1 Å². The summed E-state index contributed by atoms with van der Waals surface area (Å²) in [5.41, 5.74) is -0.283. The number of benzene rings is 2. The molecule has 1 heterocycles. The maximum Gasteiger partial charge on any atom is 0.345 e. The first-order valence-corrected chi connectivity index (χ1v) is 9.00. The van der Waals surface area contributed by atoms with Crippen molar-refractivity contribution in [2.75, 3.05) is 26.9 Å². The number of hydrogen-bond acceptors (Lipinski definition) is 8. The molecule has 0 saturated carbocycles. The summed E-state index contributed by atoms with van der Waals surface area (Å²) in [5, 5.41) is 11.4. The van der Waals surface area contributed by atoms with Gasteiger partial charge in [-0.2, -0.15) is 0 Å². The number of rotatable bonds is 8. The number of ether oxygens (including phenoxy) is 3. The van der Waals surface area contributed by atoms with Gasteiger partial charge < -0.3 is 14.2 Å². The third-order valence-electron chi connectivity index (χ3n) is 4.42. The van der Waals surface area contributed by atoms with Gasteiger partial charge in [-0.1, -0.05) is 12.1 Å². The standard InChI is InChI=1S/C20H18N2O8/c1-3-29-17-11-15(22(26)27)14(10-16(17)28-2)20(25)30-9-8-21-18(23)12-6-4-5-7-13(12)19(21)24/h4-7,10-11H,3,8-9H2,1-2H3. The van der Waals surface area contributed by atoms with Crippen LogP contribution in [-0.4, -0.2) is 54.5 Å². The lowest BCUT2D eigenvalue weighted by Gasteiger charge is -2.14. The molecular formula is C20H18N2O8. The Morgan fingerprint density at radius 2 is 1.73 bits per heavy atom. The number of methoxy groups -OCH3 is 1. The van der Waals surface area contributed by atoms with Crippen LogP contribution in [-0.2, 0) is 4.74 Å². The normalized spacial score (nSPS) is 12.5. The molecule has 0 unspecified atom stereocenters. The number of esters is 1. The van der Waals surface area contributed by atoms with Crippen molar-refractivity contribution in [1.82, 2.24) is 4.90 Å². The minimum absolute atomic E-state index is 0.120. The molecule has 0 aromatic heterocycles. The van der Waals surface area contributed by atoms with Crippen molar-refractivity contribution in [3.8, 4) is 11.5 Å². The summed E-state index contributed by atoms with van der Waals surface area (Å²) in [7, 11) is 1.33. The van der Waals surface area contributed by atoms with Gasteiger partial charge in [-0.05, 0) is 19.1 Å². The van der Waals surface area contributed by atoms with Crippen LogP contribution in [0.15, 0.2) is 36.4 Å². The molecule has 2 amide bonds. The van der Waals surface area contributed by atoms with E-state index in [2.05, 4.69) is 0 Å². The SMILES string of the molecule is CCOc1cc([N+](=O)[O-])c(C(=O)OCCN2C(=O)c3ccccc3C2=O)cc1OC. The zero-order valence-electron chi connectivity index (χ0n) is 16.2. The highest BCUT2D eigenvalue weighted by Gasteiger charge is 2.35. The number of carbonyl (C=O) groups excluding carboxylic acids is 3. The summed E-state index contributed by atoms with van der Waals surface area (Å²) in [5.74, 6) is -1.70. The van der Waals surface area contributed by atoms with E-state index in [0.29, 0.717) is 0 Å². The van der Waals surface area contributed by atoms with Gasteiger partial charge in [-0.3, -0.25) is 24.6 Å². The molecule has 1 aliphatic rings. The van der Waals surface area contributed by atoms with Gasteiger partial charge in [0, 0.05) is 6.07 Å². The summed E-state index contributed by atoms with van der Waals surface area (Å²) in [6.45, 7) is 1.45. The molecule has 0 N–H and O–H groups in total. The van der Waals surface area contributed by atoms with Crippen molar-refractivity contribution >= 4 is 23.5 Å². The van der Waals surface area contributed by atoms with Gasteiger partial charge in [-0.25, -0.2) is 4.79 Å². The lowest BCUT2D eigenvalue weighted by molar-refractivity contribution is -0.385. The number of nitro benzene ring substituents is 1. The van der Waals surface area contributed by atoms with Gasteiger partial charge in [0.15, 0.2) is 11.5 Å². The molecule has 0 bridgehead atoms. The molecule has 2 aromatic rings. The fourth-order valence-corrected chi connectivity index (χ4v) is 3.04. The highest BCUT2D eigenvalue weighted by molar-refractivity contribution is 6.21. The maximum absolute atomic E-state index is 12.5. The summed E-state index contributed by atoms with van der Waals surface area (Å²) >= 11 is 0. The second kappa shape index (κ2) is 8.60. The smallest absolute Gasteiger partial charge is 0.345 e. The van der Waals surface area contributed by atoms with Crippen molar-refractivity contribution in [3.63, 3.8) is 0 Å². The van der Waals surface area contributed by atoms with Crippen molar-refractivity contribution in [1.29, 1.82) is 0 Å². The Bertz CT molecular complexity index is 998. The molecule has 0 atom stereocenters. The van der Waals surface area contributed by atoms with Gasteiger partial charge in [0.1, 0.15) is 12.2 Å². The molecule has 2 aromatic carbocycles. The molecule has 0 saturated heterocycles. The number of carbonyl (C=O) groups is 3. The molecule has 0 spiro atoms. The third kappa shape index (κ3) is 3.79. The minimum Gasteiger partial charge on any atom is -0.493 e. The first-order valence-electron chi connectivity index (χ1n) is 9.00. The Hall–Kier alpha value is -3.95. The van der Waals surface area contributed by atoms with E-state index >= 15 is 0 Å². The van der Waals surface area contributed by atoms with Crippen molar-refractivity contribution < 1.29 is 33.5 Å². The third-order valence-corrected chi connectivity index (χ3v) is 4.42. The molecule has 1 aliphatic heterocycles. The zero-order valence-corrected chi connectivity index (χ0v) is 16.2. The van der Waals surface area contributed by atoms with Crippen LogP contribution >= 0.6 is 0 Å². The van der Waals surface area contributed by atoms with Crippen LogP contribution < -0.4 is 9.47 Å². The minimum atomic E-state index is -0.986. The van der Waals surface area contributed by atoms with Crippen LogP contribution in [0.1, 0.15) is 38.0 Å². The Morgan fingerprint density at radius 3 is 2.27 bits per heavy atom. The van der Waals surface area contributed by atoms with Gasteiger partial charge in [0.05, 0.1) is 42.4 Å². The molecule has 0 aliphatic carbocycles. The Kier molecular flexibility index (Phi) is 5.95. The van der Waals surface area contributed by atoms with E-state index in [-0.39, 0.29) is 47.9 Å². The number of fused-ring (bicyclic) bond motifs is 1. The molecule has 156 valence electrons. The molecule has 30 heavy (non-hydrogen) atoms. The summed E-state index contributed by atoms with van der Waals surface area (Å²) in [4.78, 5) is 48.7. The van der Waals surface area contributed by atoms with Crippen LogP contribution in [0.25, 0.3) is 0 Å². The second-order valence-electron chi connectivity index (χ2n) is 6.15. The molecular weight excluding hydrogens is 396 g/mol. The van der Waals surface area contributed by atoms with Crippen molar-refractivity contribution in [2.24, 2.45) is 0 Å². The first kappa shape index (κ1) is 20.8. The average molecular weight is 414 g/mol.